The first-order valence-electron chi connectivity index (χ1n) is 6.96. The molecule has 2 nitrogen and oxygen atoms in total. The molecule has 19 heavy (non-hydrogen) atoms. The summed E-state index contributed by atoms with van der Waals surface area (Å²) in [6.45, 7) is 8.54. The van der Waals surface area contributed by atoms with Crippen LogP contribution in [0.25, 0.3) is 0 Å². The zero-order valence-corrected chi connectivity index (χ0v) is 13.3. The molecule has 1 aromatic carbocycles. The third-order valence-corrected chi connectivity index (χ3v) is 3.74. The predicted molar refractivity (Wildman–Crippen MR) is 82.8 cm³/mol. The second-order valence-corrected chi connectivity index (χ2v) is 6.24. The van der Waals surface area contributed by atoms with Crippen LogP contribution in [0, 0.1) is 5.41 Å². The Bertz CT molecular complexity index is 362. The molecule has 0 bridgehead atoms. The lowest BCUT2D eigenvalue weighted by atomic mass is 9.89. The average Bonchev–Trinajstić information content (AvgIpc) is 2.39. The third kappa shape index (κ3) is 5.94. The van der Waals surface area contributed by atoms with E-state index in [2.05, 4.69) is 38.2 Å². The quantitative estimate of drug-likeness (QED) is 0.761. The minimum atomic E-state index is 0.246. The Morgan fingerprint density at radius 3 is 2.42 bits per heavy atom. The number of hydrogen-bond acceptors (Lipinski definition) is 2. The van der Waals surface area contributed by atoms with Crippen LogP contribution in [0.1, 0.15) is 45.2 Å². The summed E-state index contributed by atoms with van der Waals surface area (Å²) in [6.07, 6.45) is 2.13. The molecule has 3 heteroatoms. The molecule has 0 aliphatic heterocycles. The van der Waals surface area contributed by atoms with Crippen molar-refractivity contribution in [1.29, 1.82) is 0 Å². The number of ether oxygens (including phenoxy) is 1. The Hall–Kier alpha value is -0.570. The summed E-state index contributed by atoms with van der Waals surface area (Å²) >= 11 is 5.93. The molecule has 1 atom stereocenters. The SMILES string of the molecule is CCC(NCC(C)(C)CCOC)c1ccc(Cl)cc1. The molecule has 1 aromatic rings. The number of benzene rings is 1. The van der Waals surface area contributed by atoms with E-state index in [4.69, 9.17) is 16.3 Å². The van der Waals surface area contributed by atoms with Crippen LogP contribution in [-0.4, -0.2) is 20.3 Å². The van der Waals surface area contributed by atoms with Gasteiger partial charge < -0.3 is 10.1 Å². The Morgan fingerprint density at radius 2 is 1.89 bits per heavy atom. The van der Waals surface area contributed by atoms with Crippen molar-refractivity contribution in [3.05, 3.63) is 34.9 Å². The summed E-state index contributed by atoms with van der Waals surface area (Å²) in [6, 6.07) is 8.51. The van der Waals surface area contributed by atoms with Gasteiger partial charge in [0.05, 0.1) is 0 Å². The average molecular weight is 284 g/mol. The summed E-state index contributed by atoms with van der Waals surface area (Å²) in [5.74, 6) is 0. The largest absolute Gasteiger partial charge is 0.385 e. The highest BCUT2D eigenvalue weighted by Crippen LogP contribution is 2.23. The van der Waals surface area contributed by atoms with Crippen molar-refractivity contribution in [2.45, 2.75) is 39.7 Å². The van der Waals surface area contributed by atoms with Gasteiger partial charge in [0.25, 0.3) is 0 Å². The van der Waals surface area contributed by atoms with Crippen LogP contribution < -0.4 is 5.32 Å². The van der Waals surface area contributed by atoms with E-state index in [1.807, 2.05) is 12.1 Å². The molecule has 0 fully saturated rings. The molecular formula is C16H26ClNO. The zero-order valence-electron chi connectivity index (χ0n) is 12.5. The van der Waals surface area contributed by atoms with Crippen molar-refractivity contribution in [1.82, 2.24) is 5.32 Å². The van der Waals surface area contributed by atoms with E-state index in [9.17, 15) is 0 Å². The van der Waals surface area contributed by atoms with Gasteiger partial charge in [-0.15, -0.1) is 0 Å². The van der Waals surface area contributed by atoms with E-state index in [0.29, 0.717) is 6.04 Å². The fourth-order valence-corrected chi connectivity index (χ4v) is 2.19. The highest BCUT2D eigenvalue weighted by molar-refractivity contribution is 6.30. The van der Waals surface area contributed by atoms with Crippen LogP contribution in [0.4, 0.5) is 0 Å². The second-order valence-electron chi connectivity index (χ2n) is 5.80. The molecule has 0 saturated carbocycles. The lowest BCUT2D eigenvalue weighted by Gasteiger charge is -2.28. The summed E-state index contributed by atoms with van der Waals surface area (Å²) in [4.78, 5) is 0. The van der Waals surface area contributed by atoms with Crippen molar-refractivity contribution in [3.8, 4) is 0 Å². The molecule has 108 valence electrons. The van der Waals surface area contributed by atoms with E-state index in [0.717, 1.165) is 31.0 Å². The molecule has 0 heterocycles. The highest BCUT2D eigenvalue weighted by atomic mass is 35.5. The van der Waals surface area contributed by atoms with E-state index in [-0.39, 0.29) is 5.41 Å². The van der Waals surface area contributed by atoms with Gasteiger partial charge in [0.2, 0.25) is 0 Å². The van der Waals surface area contributed by atoms with Gasteiger partial charge >= 0.3 is 0 Å². The number of halogens is 1. The van der Waals surface area contributed by atoms with Crippen LogP contribution in [0.3, 0.4) is 0 Å². The molecule has 0 spiro atoms. The van der Waals surface area contributed by atoms with Crippen molar-refractivity contribution in [3.63, 3.8) is 0 Å². The van der Waals surface area contributed by atoms with Gasteiger partial charge in [0, 0.05) is 31.3 Å². The van der Waals surface area contributed by atoms with Crippen molar-refractivity contribution in [2.75, 3.05) is 20.3 Å². The van der Waals surface area contributed by atoms with E-state index in [1.165, 1.54) is 5.56 Å². The summed E-state index contributed by atoms with van der Waals surface area (Å²) in [5, 5.41) is 4.45. The number of hydrogen-bond donors (Lipinski definition) is 1. The van der Waals surface area contributed by atoms with Crippen molar-refractivity contribution >= 4 is 11.6 Å². The fourth-order valence-electron chi connectivity index (χ4n) is 2.06. The molecule has 0 amide bonds. The van der Waals surface area contributed by atoms with E-state index in [1.54, 1.807) is 7.11 Å². The maximum atomic E-state index is 5.93. The molecule has 0 aliphatic carbocycles. The number of methoxy groups -OCH3 is 1. The normalized spacial score (nSPS) is 13.5. The fraction of sp³-hybridized carbons (Fsp3) is 0.625. The smallest absolute Gasteiger partial charge is 0.0467 e. The van der Waals surface area contributed by atoms with Gasteiger partial charge in [0.1, 0.15) is 0 Å². The number of rotatable bonds is 8. The van der Waals surface area contributed by atoms with Gasteiger partial charge in [-0.1, -0.05) is 44.5 Å². The van der Waals surface area contributed by atoms with Gasteiger partial charge in [-0.2, -0.15) is 0 Å². The Labute approximate surface area is 122 Å². The van der Waals surface area contributed by atoms with E-state index >= 15 is 0 Å². The molecule has 0 aliphatic rings. The second kappa shape index (κ2) is 7.88. The molecule has 1 N–H and O–H groups in total. The first-order chi connectivity index (χ1) is 8.98. The van der Waals surface area contributed by atoms with Crippen molar-refractivity contribution < 1.29 is 4.74 Å². The Morgan fingerprint density at radius 1 is 1.26 bits per heavy atom. The first-order valence-corrected chi connectivity index (χ1v) is 7.34. The lowest BCUT2D eigenvalue weighted by Crippen LogP contribution is -2.33. The van der Waals surface area contributed by atoms with Gasteiger partial charge in [-0.05, 0) is 36.0 Å². The molecular weight excluding hydrogens is 258 g/mol. The topological polar surface area (TPSA) is 21.3 Å². The summed E-state index contributed by atoms with van der Waals surface area (Å²) < 4.78 is 5.17. The van der Waals surface area contributed by atoms with Crippen LogP contribution >= 0.6 is 11.6 Å². The minimum Gasteiger partial charge on any atom is -0.385 e. The monoisotopic (exact) mass is 283 g/mol. The van der Waals surface area contributed by atoms with Crippen LogP contribution in [0.5, 0.6) is 0 Å². The predicted octanol–water partition coefficient (Wildman–Crippen LogP) is 4.44. The van der Waals surface area contributed by atoms with Gasteiger partial charge in [-0.25, -0.2) is 0 Å². The minimum absolute atomic E-state index is 0.246. The molecule has 0 radical (unpaired) electrons. The van der Waals surface area contributed by atoms with Crippen LogP contribution in [0.15, 0.2) is 24.3 Å². The Balaban J connectivity index is 2.55. The van der Waals surface area contributed by atoms with Gasteiger partial charge in [0.15, 0.2) is 0 Å². The summed E-state index contributed by atoms with van der Waals surface area (Å²) in [5.41, 5.74) is 1.55. The maximum Gasteiger partial charge on any atom is 0.0467 e. The summed E-state index contributed by atoms with van der Waals surface area (Å²) in [7, 11) is 1.76. The molecule has 0 saturated heterocycles. The zero-order chi connectivity index (χ0) is 14.3. The third-order valence-electron chi connectivity index (χ3n) is 3.49. The van der Waals surface area contributed by atoms with Crippen LogP contribution in [-0.2, 0) is 4.74 Å². The van der Waals surface area contributed by atoms with Gasteiger partial charge in [-0.3, -0.25) is 0 Å². The maximum absolute atomic E-state index is 5.93. The van der Waals surface area contributed by atoms with Crippen LogP contribution in [0.2, 0.25) is 5.02 Å². The molecule has 1 unspecified atom stereocenters. The lowest BCUT2D eigenvalue weighted by molar-refractivity contribution is 0.148. The molecule has 1 rings (SSSR count). The Kier molecular flexibility index (Phi) is 6.84. The van der Waals surface area contributed by atoms with Crippen molar-refractivity contribution in [2.24, 2.45) is 5.41 Å². The number of nitrogens with one attached hydrogen (secondary N) is 1. The van der Waals surface area contributed by atoms with E-state index < -0.39 is 0 Å². The highest BCUT2D eigenvalue weighted by Gasteiger charge is 2.19. The standard InChI is InChI=1S/C16H26ClNO/c1-5-15(13-6-8-14(17)9-7-13)18-12-16(2,3)10-11-19-4/h6-9,15,18H,5,10-12H2,1-4H3. The first kappa shape index (κ1) is 16.5. The molecule has 0 aromatic heterocycles.